The lowest BCUT2D eigenvalue weighted by Gasteiger charge is -2.46. The van der Waals surface area contributed by atoms with E-state index in [9.17, 15) is 9.90 Å². The summed E-state index contributed by atoms with van der Waals surface area (Å²) in [6.07, 6.45) is 4.18. The zero-order valence-corrected chi connectivity index (χ0v) is 11.4. The van der Waals surface area contributed by atoms with E-state index in [-0.39, 0.29) is 11.3 Å². The molecule has 0 aliphatic heterocycles. The Balaban J connectivity index is 1.90. The lowest BCUT2D eigenvalue weighted by atomic mass is 9.59. The third kappa shape index (κ3) is 1.46. The zero-order valence-electron chi connectivity index (χ0n) is 11.4. The molecule has 0 bridgehead atoms. The summed E-state index contributed by atoms with van der Waals surface area (Å²) in [4.78, 5) is 12.3. The molecule has 0 aromatic carbocycles. The minimum atomic E-state index is -0.845. The van der Waals surface area contributed by atoms with Crippen molar-refractivity contribution in [2.75, 3.05) is 0 Å². The van der Waals surface area contributed by atoms with Gasteiger partial charge in [0.2, 0.25) is 0 Å². The standard InChI is InChI=1S/C15H24O2/c1-13(2,17)10-5-12-14(3,8-11(10)16)6-9-7-15(9,12)4/h9-10,12,17H,5-8H2,1-4H3/t9?,10-,12+,14+,15+/m1/s1. The van der Waals surface area contributed by atoms with Crippen molar-refractivity contribution < 1.29 is 9.90 Å². The Hall–Kier alpha value is -0.370. The summed E-state index contributed by atoms with van der Waals surface area (Å²) in [6.45, 7) is 8.28. The van der Waals surface area contributed by atoms with Crippen LogP contribution in [0.2, 0.25) is 0 Å². The second-order valence-corrected chi connectivity index (χ2v) is 7.90. The molecule has 0 amide bonds. The number of carbonyl (C=O) groups is 1. The first-order valence-electron chi connectivity index (χ1n) is 6.92. The summed E-state index contributed by atoms with van der Waals surface area (Å²) >= 11 is 0. The number of hydrogen-bond donors (Lipinski definition) is 1. The molecule has 96 valence electrons. The molecule has 3 fully saturated rings. The fourth-order valence-electron chi connectivity index (χ4n) is 5.03. The van der Waals surface area contributed by atoms with E-state index in [4.69, 9.17) is 0 Å². The van der Waals surface area contributed by atoms with Crippen LogP contribution in [0, 0.1) is 28.6 Å². The Labute approximate surface area is 104 Å². The molecule has 17 heavy (non-hydrogen) atoms. The first-order chi connectivity index (χ1) is 7.67. The van der Waals surface area contributed by atoms with Gasteiger partial charge in [-0.2, -0.15) is 0 Å². The highest BCUT2D eigenvalue weighted by atomic mass is 16.3. The predicted octanol–water partition coefficient (Wildman–Crippen LogP) is 2.79. The molecular formula is C15H24O2. The third-order valence-corrected chi connectivity index (χ3v) is 6.10. The van der Waals surface area contributed by atoms with Crippen LogP contribution in [0.3, 0.4) is 0 Å². The number of hydrogen-bond acceptors (Lipinski definition) is 2. The average molecular weight is 236 g/mol. The number of ketones is 1. The monoisotopic (exact) mass is 236 g/mol. The molecule has 3 rings (SSSR count). The normalized spacial score (nSPS) is 53.2. The molecule has 0 aromatic rings. The van der Waals surface area contributed by atoms with Gasteiger partial charge in [-0.25, -0.2) is 0 Å². The average Bonchev–Trinajstić information content (AvgIpc) is 2.67. The molecule has 0 radical (unpaired) electrons. The number of aliphatic hydroxyl groups is 1. The van der Waals surface area contributed by atoms with Gasteiger partial charge in [-0.05, 0) is 55.8 Å². The summed E-state index contributed by atoms with van der Waals surface area (Å²) in [5.74, 6) is 1.65. The molecule has 5 atom stereocenters. The first kappa shape index (κ1) is 11.7. The summed E-state index contributed by atoms with van der Waals surface area (Å²) in [7, 11) is 0. The molecule has 2 heteroatoms. The van der Waals surface area contributed by atoms with Crippen LogP contribution in [0.1, 0.15) is 53.4 Å². The topological polar surface area (TPSA) is 37.3 Å². The summed E-state index contributed by atoms with van der Waals surface area (Å²) in [5, 5.41) is 10.2. The maximum absolute atomic E-state index is 12.3. The van der Waals surface area contributed by atoms with E-state index in [2.05, 4.69) is 13.8 Å². The highest BCUT2D eigenvalue weighted by molar-refractivity contribution is 5.84. The van der Waals surface area contributed by atoms with Gasteiger partial charge in [-0.15, -0.1) is 0 Å². The predicted molar refractivity (Wildman–Crippen MR) is 66.5 cm³/mol. The van der Waals surface area contributed by atoms with E-state index in [1.54, 1.807) is 13.8 Å². The SMILES string of the molecule is CC(C)(O)[C@@H]1C[C@H]2[C@](C)(CC1=O)CC1C[C@@]12C. The van der Waals surface area contributed by atoms with Gasteiger partial charge in [0, 0.05) is 12.3 Å². The van der Waals surface area contributed by atoms with Gasteiger partial charge < -0.3 is 5.11 Å². The van der Waals surface area contributed by atoms with Crippen molar-refractivity contribution in [3.63, 3.8) is 0 Å². The molecule has 0 saturated heterocycles. The number of carbonyl (C=O) groups excluding carboxylic acids is 1. The molecule has 1 unspecified atom stereocenters. The molecule has 0 heterocycles. The summed E-state index contributed by atoms with van der Waals surface area (Å²) in [5.41, 5.74) is -0.128. The maximum Gasteiger partial charge on any atom is 0.139 e. The minimum absolute atomic E-state index is 0.142. The van der Waals surface area contributed by atoms with E-state index in [0.717, 1.165) is 12.3 Å². The Bertz CT molecular complexity index is 381. The van der Waals surface area contributed by atoms with Gasteiger partial charge in [0.1, 0.15) is 5.78 Å². The van der Waals surface area contributed by atoms with Crippen LogP contribution in [0.4, 0.5) is 0 Å². The fourth-order valence-corrected chi connectivity index (χ4v) is 5.03. The van der Waals surface area contributed by atoms with Gasteiger partial charge in [-0.3, -0.25) is 4.79 Å². The molecule has 0 spiro atoms. The Morgan fingerprint density at radius 2 is 1.94 bits per heavy atom. The molecule has 3 aliphatic carbocycles. The van der Waals surface area contributed by atoms with Crippen molar-refractivity contribution in [3.8, 4) is 0 Å². The minimum Gasteiger partial charge on any atom is -0.390 e. The van der Waals surface area contributed by atoms with Crippen molar-refractivity contribution >= 4 is 5.78 Å². The second-order valence-electron chi connectivity index (χ2n) is 7.90. The first-order valence-corrected chi connectivity index (χ1v) is 6.92. The summed E-state index contributed by atoms with van der Waals surface area (Å²) < 4.78 is 0. The molecule has 1 N–H and O–H groups in total. The number of Topliss-reactive ketones (excluding diaryl/α,β-unsaturated/α-hetero) is 1. The lowest BCUT2D eigenvalue weighted by Crippen LogP contribution is -2.47. The van der Waals surface area contributed by atoms with Gasteiger partial charge in [0.05, 0.1) is 5.60 Å². The Morgan fingerprint density at radius 1 is 1.29 bits per heavy atom. The quantitative estimate of drug-likeness (QED) is 0.760. The van der Waals surface area contributed by atoms with Crippen molar-refractivity contribution in [2.24, 2.45) is 28.6 Å². The van der Waals surface area contributed by atoms with Crippen LogP contribution < -0.4 is 0 Å². The Kier molecular flexibility index (Phi) is 2.04. The van der Waals surface area contributed by atoms with Crippen LogP contribution in [0.25, 0.3) is 0 Å². The largest absolute Gasteiger partial charge is 0.390 e. The summed E-state index contributed by atoms with van der Waals surface area (Å²) in [6, 6.07) is 0. The maximum atomic E-state index is 12.3. The van der Waals surface area contributed by atoms with Gasteiger partial charge in [0.25, 0.3) is 0 Å². The van der Waals surface area contributed by atoms with Gasteiger partial charge >= 0.3 is 0 Å². The van der Waals surface area contributed by atoms with Crippen molar-refractivity contribution in [1.82, 2.24) is 0 Å². The highest BCUT2D eigenvalue weighted by Crippen LogP contribution is 2.75. The molecule has 0 aromatic heterocycles. The van der Waals surface area contributed by atoms with Crippen LogP contribution in [-0.2, 0) is 4.79 Å². The highest BCUT2D eigenvalue weighted by Gasteiger charge is 2.69. The number of rotatable bonds is 1. The van der Waals surface area contributed by atoms with E-state index in [1.165, 1.54) is 12.8 Å². The van der Waals surface area contributed by atoms with Gasteiger partial charge in [0.15, 0.2) is 0 Å². The van der Waals surface area contributed by atoms with Crippen LogP contribution in [0.5, 0.6) is 0 Å². The van der Waals surface area contributed by atoms with Crippen molar-refractivity contribution in [3.05, 3.63) is 0 Å². The number of fused-ring (bicyclic) bond motifs is 3. The second kappa shape index (κ2) is 2.96. The molecule has 3 aliphatic rings. The van der Waals surface area contributed by atoms with E-state index < -0.39 is 5.60 Å². The Morgan fingerprint density at radius 3 is 2.53 bits per heavy atom. The molecule has 3 saturated carbocycles. The van der Waals surface area contributed by atoms with Crippen molar-refractivity contribution in [2.45, 2.75) is 59.0 Å². The zero-order chi connectivity index (χ0) is 12.6. The van der Waals surface area contributed by atoms with Gasteiger partial charge in [-0.1, -0.05) is 13.8 Å². The molecular weight excluding hydrogens is 212 g/mol. The smallest absolute Gasteiger partial charge is 0.139 e. The lowest BCUT2D eigenvalue weighted by molar-refractivity contribution is -0.141. The fraction of sp³-hybridized carbons (Fsp3) is 0.933. The van der Waals surface area contributed by atoms with Crippen molar-refractivity contribution in [1.29, 1.82) is 0 Å². The van der Waals surface area contributed by atoms with Crippen LogP contribution >= 0.6 is 0 Å². The van der Waals surface area contributed by atoms with Crippen LogP contribution in [0.15, 0.2) is 0 Å². The van der Waals surface area contributed by atoms with E-state index in [0.29, 0.717) is 23.5 Å². The van der Waals surface area contributed by atoms with E-state index in [1.807, 2.05) is 0 Å². The molecule has 2 nitrogen and oxygen atoms in total. The van der Waals surface area contributed by atoms with Crippen LogP contribution in [-0.4, -0.2) is 16.5 Å². The third-order valence-electron chi connectivity index (χ3n) is 6.10. The van der Waals surface area contributed by atoms with E-state index >= 15 is 0 Å².